The Balaban J connectivity index is 1.75. The van der Waals surface area contributed by atoms with Crippen molar-refractivity contribution in [2.75, 3.05) is 11.7 Å². The maximum Gasteiger partial charge on any atom is 0.281 e. The van der Waals surface area contributed by atoms with Gasteiger partial charge in [-0.3, -0.25) is 19.6 Å². The van der Waals surface area contributed by atoms with Gasteiger partial charge < -0.3 is 14.8 Å². The van der Waals surface area contributed by atoms with Crippen molar-refractivity contribution in [3.05, 3.63) is 45.4 Å². The highest BCUT2D eigenvalue weighted by Crippen LogP contribution is 2.39. The summed E-state index contributed by atoms with van der Waals surface area (Å²) in [7, 11) is 1.74. The monoisotopic (exact) mass is 387 g/mol. The number of hydrogen-bond donors (Lipinski definition) is 1. The van der Waals surface area contributed by atoms with Crippen molar-refractivity contribution in [2.45, 2.75) is 6.92 Å². The number of ether oxygens (including phenoxy) is 2. The Morgan fingerprint density at radius 1 is 1.37 bits per heavy atom. The topological polar surface area (TPSA) is 112 Å². The number of rotatable bonds is 3. The van der Waals surface area contributed by atoms with Crippen molar-refractivity contribution in [1.29, 1.82) is 0 Å². The zero-order valence-corrected chi connectivity index (χ0v) is 15.1. The Labute approximate surface area is 158 Å². The van der Waals surface area contributed by atoms with E-state index in [4.69, 9.17) is 21.7 Å². The highest BCUT2D eigenvalue weighted by atomic mass is 32.1. The maximum atomic E-state index is 12.8. The van der Waals surface area contributed by atoms with Gasteiger partial charge in [0.25, 0.3) is 11.6 Å². The van der Waals surface area contributed by atoms with Gasteiger partial charge in [-0.05, 0) is 31.3 Å². The van der Waals surface area contributed by atoms with Crippen molar-refractivity contribution < 1.29 is 19.2 Å². The first-order chi connectivity index (χ1) is 12.8. The number of benzene rings is 1. The van der Waals surface area contributed by atoms with Crippen LogP contribution >= 0.6 is 12.2 Å². The molecule has 0 aliphatic carbocycles. The van der Waals surface area contributed by atoms with E-state index in [0.717, 1.165) is 0 Å². The fraction of sp³-hybridized carbons (Fsp3) is 0.188. The van der Waals surface area contributed by atoms with Gasteiger partial charge in [0.15, 0.2) is 16.6 Å². The highest BCUT2D eigenvalue weighted by molar-refractivity contribution is 7.80. The van der Waals surface area contributed by atoms with E-state index in [1.165, 1.54) is 23.1 Å². The fourth-order valence-electron chi connectivity index (χ4n) is 2.94. The van der Waals surface area contributed by atoms with Gasteiger partial charge in [-0.2, -0.15) is 5.10 Å². The molecule has 0 spiro atoms. The van der Waals surface area contributed by atoms with Crippen molar-refractivity contribution in [3.63, 3.8) is 0 Å². The van der Waals surface area contributed by atoms with Crippen molar-refractivity contribution >= 4 is 40.7 Å². The molecule has 3 heterocycles. The molecule has 27 heavy (non-hydrogen) atoms. The van der Waals surface area contributed by atoms with Crippen LogP contribution in [0.15, 0.2) is 24.0 Å². The molecule has 0 saturated carbocycles. The SMILES string of the molecule is Cc1nn(C)cc1N1C(=O)/C(=C\c2cc3c(cc2[N+](=O)[O-])OCO3)NC1=S. The zero-order chi connectivity index (χ0) is 19.3. The minimum atomic E-state index is -0.546. The molecule has 0 atom stereocenters. The number of anilines is 1. The third kappa shape index (κ3) is 2.77. The van der Waals surface area contributed by atoms with E-state index in [1.54, 1.807) is 24.9 Å². The maximum absolute atomic E-state index is 12.8. The molecule has 2 aromatic rings. The molecule has 0 unspecified atom stereocenters. The summed E-state index contributed by atoms with van der Waals surface area (Å²) < 4.78 is 12.0. The van der Waals surface area contributed by atoms with Gasteiger partial charge >= 0.3 is 0 Å². The van der Waals surface area contributed by atoms with E-state index in [9.17, 15) is 14.9 Å². The number of thiocarbonyl (C=S) groups is 1. The lowest BCUT2D eigenvalue weighted by Gasteiger charge is -2.11. The van der Waals surface area contributed by atoms with Gasteiger partial charge in [0.05, 0.1) is 27.9 Å². The minimum absolute atomic E-state index is 0.0121. The molecule has 138 valence electrons. The second-order valence-electron chi connectivity index (χ2n) is 5.92. The quantitative estimate of drug-likeness (QED) is 0.366. The molecular formula is C16H13N5O5S. The molecule has 0 bridgehead atoms. The summed E-state index contributed by atoms with van der Waals surface area (Å²) in [5.41, 5.74) is 1.29. The lowest BCUT2D eigenvalue weighted by Crippen LogP contribution is -2.30. The number of nitrogens with zero attached hydrogens (tertiary/aromatic N) is 4. The van der Waals surface area contributed by atoms with Crippen molar-refractivity contribution in [2.24, 2.45) is 7.05 Å². The average molecular weight is 387 g/mol. The number of nitrogens with one attached hydrogen (secondary N) is 1. The predicted octanol–water partition coefficient (Wildman–Crippen LogP) is 1.63. The van der Waals surface area contributed by atoms with E-state index in [0.29, 0.717) is 17.1 Å². The first-order valence-electron chi connectivity index (χ1n) is 7.80. The number of amides is 1. The number of fused-ring (bicyclic) bond motifs is 1. The van der Waals surface area contributed by atoms with Crippen molar-refractivity contribution in [1.82, 2.24) is 15.1 Å². The molecule has 2 aliphatic heterocycles. The third-order valence-corrected chi connectivity index (χ3v) is 4.41. The molecule has 4 rings (SSSR count). The number of hydrogen-bond acceptors (Lipinski definition) is 7. The van der Waals surface area contributed by atoms with Crippen LogP contribution in [0.2, 0.25) is 0 Å². The Kier molecular flexibility index (Phi) is 3.81. The molecular weight excluding hydrogens is 374 g/mol. The second-order valence-corrected chi connectivity index (χ2v) is 6.31. The summed E-state index contributed by atoms with van der Waals surface area (Å²) >= 11 is 5.26. The standard InChI is InChI=1S/C16H13N5O5S/c1-8-12(6-19(2)18-8)20-15(22)10(17-16(20)27)3-9-4-13-14(26-7-25-13)5-11(9)21(23)24/h3-6H,7H2,1-2H3,(H,17,27)/b10-3+. The summed E-state index contributed by atoms with van der Waals surface area (Å²) in [5, 5.41) is 18.6. The van der Waals surface area contributed by atoms with E-state index >= 15 is 0 Å². The van der Waals surface area contributed by atoms with Gasteiger partial charge in [-0.25, -0.2) is 4.90 Å². The van der Waals surface area contributed by atoms with Crippen molar-refractivity contribution in [3.8, 4) is 11.5 Å². The number of nitro benzene ring substituents is 1. The molecule has 1 fully saturated rings. The van der Waals surface area contributed by atoms with Crippen LogP contribution in [0.1, 0.15) is 11.3 Å². The lowest BCUT2D eigenvalue weighted by atomic mass is 10.1. The summed E-state index contributed by atoms with van der Waals surface area (Å²) in [6, 6.07) is 2.74. The number of carbonyl (C=O) groups is 1. The Morgan fingerprint density at radius 3 is 2.70 bits per heavy atom. The predicted molar refractivity (Wildman–Crippen MR) is 98.4 cm³/mol. The Bertz CT molecular complexity index is 1040. The van der Waals surface area contributed by atoms with Crippen LogP contribution < -0.4 is 19.7 Å². The molecule has 0 radical (unpaired) electrons. The minimum Gasteiger partial charge on any atom is -0.454 e. The van der Waals surface area contributed by atoms with E-state index in [-0.39, 0.29) is 34.6 Å². The first kappa shape index (κ1) is 17.0. The summed E-state index contributed by atoms with van der Waals surface area (Å²) in [4.78, 5) is 25.0. The first-order valence-corrected chi connectivity index (χ1v) is 8.21. The zero-order valence-electron chi connectivity index (χ0n) is 14.3. The molecule has 1 N–H and O–H groups in total. The van der Waals surface area contributed by atoms with Gasteiger partial charge in [0.2, 0.25) is 6.79 Å². The lowest BCUT2D eigenvalue weighted by molar-refractivity contribution is -0.385. The van der Waals surface area contributed by atoms with Gasteiger partial charge in [0, 0.05) is 13.2 Å². The second kappa shape index (κ2) is 6.06. The van der Waals surface area contributed by atoms with Crippen LogP contribution in [-0.4, -0.2) is 32.5 Å². The number of aryl methyl sites for hydroxylation is 2. The van der Waals surface area contributed by atoms with Gasteiger partial charge in [0.1, 0.15) is 5.70 Å². The Hall–Kier alpha value is -3.47. The highest BCUT2D eigenvalue weighted by Gasteiger charge is 2.34. The molecule has 1 aromatic carbocycles. The molecule has 11 heteroatoms. The van der Waals surface area contributed by atoms with Crippen LogP contribution in [0.3, 0.4) is 0 Å². The van der Waals surface area contributed by atoms with Crippen LogP contribution in [0.4, 0.5) is 11.4 Å². The Morgan fingerprint density at radius 2 is 2.07 bits per heavy atom. The van der Waals surface area contributed by atoms with Gasteiger partial charge in [-0.15, -0.1) is 0 Å². The van der Waals surface area contributed by atoms with E-state index < -0.39 is 10.8 Å². The molecule has 1 amide bonds. The van der Waals surface area contributed by atoms with E-state index in [1.807, 2.05) is 0 Å². The molecule has 10 nitrogen and oxygen atoms in total. The summed E-state index contributed by atoms with van der Waals surface area (Å²) in [6.45, 7) is 1.75. The van der Waals surface area contributed by atoms with Crippen LogP contribution in [0, 0.1) is 17.0 Å². The largest absolute Gasteiger partial charge is 0.454 e. The smallest absolute Gasteiger partial charge is 0.281 e. The van der Waals surface area contributed by atoms with Crippen LogP contribution in [0.25, 0.3) is 6.08 Å². The normalized spacial score (nSPS) is 17.0. The molecule has 1 saturated heterocycles. The number of carbonyl (C=O) groups excluding carboxylic acids is 1. The number of nitro groups is 1. The van der Waals surface area contributed by atoms with Crippen LogP contribution in [0.5, 0.6) is 11.5 Å². The molecule has 1 aromatic heterocycles. The number of aromatic nitrogens is 2. The van der Waals surface area contributed by atoms with E-state index in [2.05, 4.69) is 10.4 Å². The summed E-state index contributed by atoms with van der Waals surface area (Å²) in [6.07, 6.45) is 3.05. The fourth-order valence-corrected chi connectivity index (χ4v) is 3.23. The average Bonchev–Trinajstić information content (AvgIpc) is 3.25. The molecule has 2 aliphatic rings. The van der Waals surface area contributed by atoms with Crippen LogP contribution in [-0.2, 0) is 11.8 Å². The third-order valence-electron chi connectivity index (χ3n) is 4.13. The summed E-state index contributed by atoms with van der Waals surface area (Å²) in [5.74, 6) is 0.237. The van der Waals surface area contributed by atoms with Gasteiger partial charge in [-0.1, -0.05) is 0 Å².